The van der Waals surface area contributed by atoms with Crippen molar-refractivity contribution in [3.05, 3.63) is 17.8 Å². The van der Waals surface area contributed by atoms with Crippen LogP contribution in [-0.4, -0.2) is 29.8 Å². The van der Waals surface area contributed by atoms with Crippen molar-refractivity contribution in [3.63, 3.8) is 0 Å². The summed E-state index contributed by atoms with van der Waals surface area (Å²) in [6, 6.07) is 4.83. The van der Waals surface area contributed by atoms with Gasteiger partial charge in [-0.15, -0.1) is 5.10 Å². The molecular formula is C12H20N4. The number of aromatic nitrogens is 2. The summed E-state index contributed by atoms with van der Waals surface area (Å²) in [5.74, 6) is 0.956. The van der Waals surface area contributed by atoms with Crippen LogP contribution >= 0.6 is 0 Å². The molecule has 0 spiro atoms. The summed E-state index contributed by atoms with van der Waals surface area (Å²) in [5, 5.41) is 11.9. The maximum atomic E-state index is 4.23. The number of nitrogens with one attached hydrogen (secondary N) is 1. The van der Waals surface area contributed by atoms with Crippen LogP contribution in [0.4, 0.5) is 5.82 Å². The van der Waals surface area contributed by atoms with Crippen molar-refractivity contribution in [1.29, 1.82) is 0 Å². The Morgan fingerprint density at radius 1 is 1.38 bits per heavy atom. The molecule has 0 aliphatic heterocycles. The predicted molar refractivity (Wildman–Crippen MR) is 65.5 cm³/mol. The zero-order valence-corrected chi connectivity index (χ0v) is 10.1. The fourth-order valence-electron chi connectivity index (χ4n) is 1.64. The Kier molecular flexibility index (Phi) is 3.72. The Morgan fingerprint density at radius 2 is 2.19 bits per heavy atom. The van der Waals surface area contributed by atoms with Gasteiger partial charge in [-0.2, -0.15) is 5.10 Å². The second-order valence-corrected chi connectivity index (χ2v) is 4.46. The molecular weight excluding hydrogens is 200 g/mol. The summed E-state index contributed by atoms with van der Waals surface area (Å²) in [5.41, 5.74) is 1.03. The van der Waals surface area contributed by atoms with Crippen LogP contribution < -0.4 is 10.2 Å². The van der Waals surface area contributed by atoms with E-state index in [1.165, 1.54) is 12.8 Å². The minimum atomic E-state index is 0.726. The third-order valence-corrected chi connectivity index (χ3v) is 2.81. The largest absolute Gasteiger partial charge is 0.358 e. The van der Waals surface area contributed by atoms with Gasteiger partial charge in [0.1, 0.15) is 0 Å². The first-order valence-electron chi connectivity index (χ1n) is 6.06. The lowest BCUT2D eigenvalue weighted by atomic mass is 10.3. The first-order chi connectivity index (χ1) is 7.79. The third-order valence-electron chi connectivity index (χ3n) is 2.81. The van der Waals surface area contributed by atoms with Gasteiger partial charge in [-0.3, -0.25) is 0 Å². The first kappa shape index (κ1) is 11.3. The Hall–Kier alpha value is -1.16. The molecule has 0 bridgehead atoms. The second kappa shape index (κ2) is 5.25. The predicted octanol–water partition coefficient (Wildman–Crippen LogP) is 1.57. The second-order valence-electron chi connectivity index (χ2n) is 4.46. The van der Waals surface area contributed by atoms with E-state index in [4.69, 9.17) is 0 Å². The van der Waals surface area contributed by atoms with Crippen LogP contribution in [0, 0.1) is 0 Å². The first-order valence-corrected chi connectivity index (χ1v) is 6.06. The highest BCUT2D eigenvalue weighted by Crippen LogP contribution is 2.19. The van der Waals surface area contributed by atoms with Crippen molar-refractivity contribution in [1.82, 2.24) is 15.5 Å². The van der Waals surface area contributed by atoms with Gasteiger partial charge in [0.15, 0.2) is 5.82 Å². The molecule has 4 heteroatoms. The molecule has 0 aromatic carbocycles. The summed E-state index contributed by atoms with van der Waals surface area (Å²) in [6.07, 6.45) is 3.75. The van der Waals surface area contributed by atoms with Crippen LogP contribution in [-0.2, 0) is 6.54 Å². The average Bonchev–Trinajstić information content (AvgIpc) is 3.11. The molecule has 1 aromatic heterocycles. The quantitative estimate of drug-likeness (QED) is 0.790. The van der Waals surface area contributed by atoms with Crippen molar-refractivity contribution in [2.24, 2.45) is 0 Å². The Labute approximate surface area is 97.1 Å². The summed E-state index contributed by atoms with van der Waals surface area (Å²) < 4.78 is 0. The minimum absolute atomic E-state index is 0.726. The third kappa shape index (κ3) is 3.17. The van der Waals surface area contributed by atoms with Crippen LogP contribution in [0.1, 0.15) is 31.9 Å². The molecule has 1 saturated carbocycles. The van der Waals surface area contributed by atoms with Gasteiger partial charge in [0.2, 0.25) is 0 Å². The van der Waals surface area contributed by atoms with Crippen LogP contribution in [0.25, 0.3) is 0 Å². The lowest BCUT2D eigenvalue weighted by molar-refractivity contribution is 0.664. The molecule has 1 aromatic rings. The van der Waals surface area contributed by atoms with E-state index < -0.39 is 0 Å². The van der Waals surface area contributed by atoms with Gasteiger partial charge in [-0.1, -0.05) is 6.92 Å². The van der Waals surface area contributed by atoms with Gasteiger partial charge in [-0.05, 0) is 31.4 Å². The maximum Gasteiger partial charge on any atom is 0.150 e. The Balaban J connectivity index is 1.87. The molecule has 4 nitrogen and oxygen atoms in total. The monoisotopic (exact) mass is 220 g/mol. The number of anilines is 1. The number of hydrogen-bond donors (Lipinski definition) is 1. The summed E-state index contributed by atoms with van der Waals surface area (Å²) in [6.45, 7) is 4.03. The molecule has 16 heavy (non-hydrogen) atoms. The number of nitrogens with zero attached hydrogens (tertiary/aromatic N) is 3. The lowest BCUT2D eigenvalue weighted by Gasteiger charge is -2.16. The van der Waals surface area contributed by atoms with Gasteiger partial charge >= 0.3 is 0 Å². The van der Waals surface area contributed by atoms with Crippen LogP contribution in [0.5, 0.6) is 0 Å². The van der Waals surface area contributed by atoms with E-state index in [0.29, 0.717) is 0 Å². The molecule has 0 atom stereocenters. The summed E-state index contributed by atoms with van der Waals surface area (Å²) >= 11 is 0. The molecule has 0 radical (unpaired) electrons. The highest BCUT2D eigenvalue weighted by Gasteiger charge is 2.20. The fourth-order valence-corrected chi connectivity index (χ4v) is 1.64. The minimum Gasteiger partial charge on any atom is -0.358 e. The fraction of sp³-hybridized carbons (Fsp3) is 0.667. The molecule has 88 valence electrons. The van der Waals surface area contributed by atoms with Gasteiger partial charge in [0.25, 0.3) is 0 Å². The van der Waals surface area contributed by atoms with Crippen molar-refractivity contribution in [2.75, 3.05) is 18.5 Å². The van der Waals surface area contributed by atoms with E-state index in [1.807, 2.05) is 6.07 Å². The smallest absolute Gasteiger partial charge is 0.150 e. The van der Waals surface area contributed by atoms with E-state index in [2.05, 4.69) is 40.5 Å². The molecule has 1 aliphatic rings. The van der Waals surface area contributed by atoms with Crippen LogP contribution in [0.15, 0.2) is 12.1 Å². The molecule has 1 aliphatic carbocycles. The molecule has 1 heterocycles. The zero-order valence-electron chi connectivity index (χ0n) is 10.1. The van der Waals surface area contributed by atoms with E-state index in [1.54, 1.807) is 0 Å². The van der Waals surface area contributed by atoms with Gasteiger partial charge in [-0.25, -0.2) is 0 Å². The zero-order chi connectivity index (χ0) is 11.4. The van der Waals surface area contributed by atoms with Crippen molar-refractivity contribution in [3.8, 4) is 0 Å². The summed E-state index contributed by atoms with van der Waals surface area (Å²) in [4.78, 5) is 2.13. The summed E-state index contributed by atoms with van der Waals surface area (Å²) in [7, 11) is 2.05. The van der Waals surface area contributed by atoms with Crippen molar-refractivity contribution < 1.29 is 0 Å². The highest BCUT2D eigenvalue weighted by molar-refractivity contribution is 5.35. The van der Waals surface area contributed by atoms with Gasteiger partial charge in [0.05, 0.1) is 5.69 Å². The van der Waals surface area contributed by atoms with E-state index in [0.717, 1.165) is 37.1 Å². The van der Waals surface area contributed by atoms with Crippen LogP contribution in [0.2, 0.25) is 0 Å². The molecule has 1 fully saturated rings. The van der Waals surface area contributed by atoms with E-state index >= 15 is 0 Å². The SMILES string of the molecule is CCCN(C)c1ccc(CNC2CC2)nn1. The standard InChI is InChI=1S/C12H20N4/c1-3-8-16(2)12-7-6-11(14-15-12)9-13-10-4-5-10/h6-7,10,13H,3-5,8-9H2,1-2H3. The lowest BCUT2D eigenvalue weighted by Crippen LogP contribution is -2.20. The molecule has 1 N–H and O–H groups in total. The maximum absolute atomic E-state index is 4.23. The molecule has 2 rings (SSSR count). The average molecular weight is 220 g/mol. The van der Waals surface area contributed by atoms with Crippen molar-refractivity contribution in [2.45, 2.75) is 38.8 Å². The topological polar surface area (TPSA) is 41.0 Å². The Bertz CT molecular complexity index is 318. The molecule has 0 saturated heterocycles. The highest BCUT2D eigenvalue weighted by atomic mass is 15.2. The number of hydrogen-bond acceptors (Lipinski definition) is 4. The van der Waals surface area contributed by atoms with Gasteiger partial charge < -0.3 is 10.2 Å². The Morgan fingerprint density at radius 3 is 2.75 bits per heavy atom. The molecule has 0 unspecified atom stereocenters. The normalized spacial score (nSPS) is 15.1. The van der Waals surface area contributed by atoms with E-state index in [-0.39, 0.29) is 0 Å². The van der Waals surface area contributed by atoms with Crippen LogP contribution in [0.3, 0.4) is 0 Å². The van der Waals surface area contributed by atoms with E-state index in [9.17, 15) is 0 Å². The molecule has 0 amide bonds. The number of rotatable bonds is 6. The van der Waals surface area contributed by atoms with Crippen molar-refractivity contribution >= 4 is 5.82 Å². The van der Waals surface area contributed by atoms with Gasteiger partial charge in [0, 0.05) is 26.2 Å².